The maximum atomic E-state index is 14.6. The highest BCUT2D eigenvalue weighted by atomic mass is 19.1. The second kappa shape index (κ2) is 11.1. The van der Waals surface area contributed by atoms with Gasteiger partial charge in [-0.25, -0.2) is 14.2 Å². The van der Waals surface area contributed by atoms with E-state index in [0.29, 0.717) is 36.1 Å². The molecule has 2 atom stereocenters. The molecule has 1 unspecified atom stereocenters. The molecule has 0 radical (unpaired) electrons. The first kappa shape index (κ1) is 26.5. The van der Waals surface area contributed by atoms with E-state index in [4.69, 9.17) is 14.2 Å². The lowest BCUT2D eigenvalue weighted by atomic mass is 9.88. The van der Waals surface area contributed by atoms with Gasteiger partial charge in [0.05, 0.1) is 36.6 Å². The molecule has 6 rings (SSSR count). The van der Waals surface area contributed by atoms with Crippen molar-refractivity contribution in [2.75, 3.05) is 19.7 Å². The third kappa shape index (κ3) is 5.36. The van der Waals surface area contributed by atoms with Crippen molar-refractivity contribution in [1.29, 1.82) is 0 Å². The van der Waals surface area contributed by atoms with E-state index in [-0.39, 0.29) is 17.5 Å². The minimum atomic E-state index is -0.937. The molecule has 1 aromatic heterocycles. The summed E-state index contributed by atoms with van der Waals surface area (Å²) in [5.41, 5.74) is 3.42. The summed E-state index contributed by atoms with van der Waals surface area (Å²) in [6, 6.07) is 11.0. The van der Waals surface area contributed by atoms with Crippen molar-refractivity contribution >= 4 is 12.0 Å². The molecule has 3 aliphatic rings. The fourth-order valence-electron chi connectivity index (χ4n) is 5.67. The minimum absolute atomic E-state index is 0.135. The molecule has 3 aliphatic heterocycles. The fraction of sp³-hybridized carbons (Fsp3) is 0.419. The number of fused-ring (bicyclic) bond motifs is 1. The third-order valence-electron chi connectivity index (χ3n) is 8.12. The Morgan fingerprint density at radius 2 is 1.95 bits per heavy atom. The molecule has 2 saturated heterocycles. The quantitative estimate of drug-likeness (QED) is 0.375. The number of imidazole rings is 1. The van der Waals surface area contributed by atoms with Crippen molar-refractivity contribution in [2.45, 2.75) is 64.5 Å². The molecule has 0 aliphatic carbocycles. The zero-order valence-electron chi connectivity index (χ0n) is 22.8. The second-order valence-corrected chi connectivity index (χ2v) is 10.9. The van der Waals surface area contributed by atoms with Crippen molar-refractivity contribution < 1.29 is 28.5 Å². The van der Waals surface area contributed by atoms with Gasteiger partial charge in [-0.2, -0.15) is 0 Å². The molecule has 1 N–H and O–H groups in total. The maximum Gasteiger partial charge on any atom is 0.331 e. The van der Waals surface area contributed by atoms with E-state index in [1.165, 1.54) is 6.07 Å². The van der Waals surface area contributed by atoms with E-state index in [9.17, 15) is 14.3 Å². The molecule has 40 heavy (non-hydrogen) atoms. The number of aromatic nitrogens is 2. The number of aliphatic carboxylic acids is 1. The van der Waals surface area contributed by atoms with Gasteiger partial charge in [0.25, 0.3) is 6.29 Å². The summed E-state index contributed by atoms with van der Waals surface area (Å²) >= 11 is 0. The lowest BCUT2D eigenvalue weighted by molar-refractivity contribution is -0.132. The number of carboxylic acid groups (broad SMARTS) is 1. The summed E-state index contributed by atoms with van der Waals surface area (Å²) in [4.78, 5) is 18.5. The molecular formula is C31H34FN3O5. The molecule has 4 heterocycles. The van der Waals surface area contributed by atoms with Crippen molar-refractivity contribution in [3.05, 3.63) is 82.2 Å². The van der Waals surface area contributed by atoms with Gasteiger partial charge in [-0.15, -0.1) is 0 Å². The monoisotopic (exact) mass is 547 g/mol. The lowest BCUT2D eigenvalue weighted by Crippen LogP contribution is -2.35. The average Bonchev–Trinajstić information content (AvgIpc) is 3.50. The number of likely N-dealkylation sites (tertiary alicyclic amines) is 1. The summed E-state index contributed by atoms with van der Waals surface area (Å²) in [5, 5.41) is 9.35. The number of carboxylic acids is 1. The molecule has 9 heteroatoms. The van der Waals surface area contributed by atoms with Crippen molar-refractivity contribution in [3.8, 4) is 11.5 Å². The van der Waals surface area contributed by atoms with Gasteiger partial charge in [-0.05, 0) is 82.0 Å². The largest absolute Gasteiger partial charge is 0.478 e. The number of hydrogen-bond donors (Lipinski definition) is 1. The predicted octanol–water partition coefficient (Wildman–Crippen LogP) is 5.46. The Morgan fingerprint density at radius 3 is 2.65 bits per heavy atom. The van der Waals surface area contributed by atoms with Gasteiger partial charge in [0.2, 0.25) is 0 Å². The van der Waals surface area contributed by atoms with Crippen LogP contribution in [0.3, 0.4) is 0 Å². The van der Waals surface area contributed by atoms with Crippen LogP contribution in [0.25, 0.3) is 6.08 Å². The first-order chi connectivity index (χ1) is 19.4. The maximum absolute atomic E-state index is 14.6. The third-order valence-corrected chi connectivity index (χ3v) is 8.12. The Balaban J connectivity index is 1.13. The Hall–Kier alpha value is -3.69. The zero-order valence-corrected chi connectivity index (χ0v) is 22.8. The van der Waals surface area contributed by atoms with Gasteiger partial charge in [-0.1, -0.05) is 18.2 Å². The Morgan fingerprint density at radius 1 is 1.15 bits per heavy atom. The average molecular weight is 548 g/mol. The molecule has 3 aromatic rings. The number of piperidine rings is 1. The van der Waals surface area contributed by atoms with Gasteiger partial charge in [0.1, 0.15) is 11.6 Å². The molecule has 0 saturated carbocycles. The summed E-state index contributed by atoms with van der Waals surface area (Å²) < 4.78 is 34.6. The van der Waals surface area contributed by atoms with Gasteiger partial charge in [-0.3, -0.25) is 4.90 Å². The topological polar surface area (TPSA) is 86.0 Å². The first-order valence-electron chi connectivity index (χ1n) is 13.9. The molecule has 210 valence electrons. The normalized spacial score (nSPS) is 21.4. The summed E-state index contributed by atoms with van der Waals surface area (Å²) in [5.74, 6) is 1.32. The smallest absolute Gasteiger partial charge is 0.331 e. The highest BCUT2D eigenvalue weighted by molar-refractivity contribution is 5.91. The van der Waals surface area contributed by atoms with E-state index in [1.54, 1.807) is 25.3 Å². The molecule has 2 fully saturated rings. The van der Waals surface area contributed by atoms with Gasteiger partial charge < -0.3 is 23.9 Å². The number of nitrogens with zero attached hydrogens (tertiary/aromatic N) is 3. The van der Waals surface area contributed by atoms with Gasteiger partial charge in [0.15, 0.2) is 11.5 Å². The van der Waals surface area contributed by atoms with Crippen LogP contribution in [-0.4, -0.2) is 51.3 Å². The van der Waals surface area contributed by atoms with Crippen molar-refractivity contribution in [1.82, 2.24) is 14.5 Å². The molecule has 0 amide bonds. The van der Waals surface area contributed by atoms with E-state index in [1.807, 2.05) is 25.1 Å². The number of rotatable bonds is 8. The number of hydrogen-bond acceptors (Lipinski definition) is 6. The summed E-state index contributed by atoms with van der Waals surface area (Å²) in [7, 11) is 0. The SMILES string of the molecule is C/C(=C\c1cnc(CN2CCC(c3cccc4c3OC(c3ccc(C)cc3F)O4)CC2)n1C[C@@H]1CCO1)C(=O)O. The highest BCUT2D eigenvalue weighted by Crippen LogP contribution is 2.47. The molecule has 2 aromatic carbocycles. The van der Waals surface area contributed by atoms with E-state index < -0.39 is 12.3 Å². The van der Waals surface area contributed by atoms with Crippen molar-refractivity contribution in [2.24, 2.45) is 0 Å². The highest BCUT2D eigenvalue weighted by Gasteiger charge is 2.33. The number of ether oxygens (including phenoxy) is 3. The molecular weight excluding hydrogens is 513 g/mol. The fourth-order valence-corrected chi connectivity index (χ4v) is 5.67. The number of benzene rings is 2. The van der Waals surface area contributed by atoms with Crippen LogP contribution < -0.4 is 9.47 Å². The second-order valence-electron chi connectivity index (χ2n) is 10.9. The first-order valence-corrected chi connectivity index (χ1v) is 13.9. The summed E-state index contributed by atoms with van der Waals surface area (Å²) in [6.45, 7) is 7.34. The van der Waals surface area contributed by atoms with Crippen LogP contribution in [0.15, 0.2) is 48.2 Å². The van der Waals surface area contributed by atoms with E-state index >= 15 is 0 Å². The minimum Gasteiger partial charge on any atom is -0.478 e. The Labute approximate surface area is 233 Å². The van der Waals surface area contributed by atoms with E-state index in [0.717, 1.165) is 61.6 Å². The van der Waals surface area contributed by atoms with Crippen LogP contribution in [-0.2, 0) is 22.6 Å². The number of para-hydroxylation sites is 1. The Kier molecular flexibility index (Phi) is 7.33. The standard InChI is InChI=1S/C31H34FN3O5/c1-19-6-7-25(26(32)14-19)31-39-27-5-3-4-24(29(27)40-31)21-8-11-34(12-9-21)18-28-33-16-22(15-20(2)30(36)37)35(28)17-23-10-13-38-23/h3-7,14-16,21,23,31H,8-13,17-18H2,1-2H3,(H,36,37)/b20-15+/t23-,31?/m0/s1. The van der Waals surface area contributed by atoms with Crippen LogP contribution in [0, 0.1) is 12.7 Å². The lowest BCUT2D eigenvalue weighted by Gasteiger charge is -2.33. The van der Waals surface area contributed by atoms with Crippen LogP contribution in [0.2, 0.25) is 0 Å². The van der Waals surface area contributed by atoms with Crippen molar-refractivity contribution in [3.63, 3.8) is 0 Å². The summed E-state index contributed by atoms with van der Waals surface area (Å²) in [6.07, 6.45) is 5.66. The number of halogens is 1. The van der Waals surface area contributed by atoms with Crippen LogP contribution in [0.5, 0.6) is 11.5 Å². The van der Waals surface area contributed by atoms with Crippen LogP contribution >= 0.6 is 0 Å². The molecule has 0 bridgehead atoms. The Bertz CT molecular complexity index is 1440. The number of carbonyl (C=O) groups is 1. The van der Waals surface area contributed by atoms with Gasteiger partial charge in [0, 0.05) is 17.7 Å². The predicted molar refractivity (Wildman–Crippen MR) is 147 cm³/mol. The number of aryl methyl sites for hydroxylation is 1. The van der Waals surface area contributed by atoms with Gasteiger partial charge >= 0.3 is 5.97 Å². The molecule has 0 spiro atoms. The van der Waals surface area contributed by atoms with Crippen LogP contribution in [0.4, 0.5) is 4.39 Å². The molecule has 8 nitrogen and oxygen atoms in total. The van der Waals surface area contributed by atoms with Crippen LogP contribution in [0.1, 0.15) is 66.6 Å². The zero-order chi connectivity index (χ0) is 27.8. The van der Waals surface area contributed by atoms with E-state index in [2.05, 4.69) is 20.5 Å².